The Bertz CT molecular complexity index is 354. The minimum absolute atomic E-state index is 0.00616. The summed E-state index contributed by atoms with van der Waals surface area (Å²) >= 11 is 0. The second kappa shape index (κ2) is 5.82. The molecule has 0 aliphatic carbocycles. The first-order valence-corrected chi connectivity index (χ1v) is 5.01. The zero-order chi connectivity index (χ0) is 11.1. The standard InChI is InChI=1S/C12H14N2O/c1-2-14(10-6-9-13)12(15)11-7-4-3-5-8-11/h3-5,7-8H,2,6,10H2,1H3. The van der Waals surface area contributed by atoms with Crippen LogP contribution in [0.4, 0.5) is 0 Å². The van der Waals surface area contributed by atoms with Crippen LogP contribution in [0.15, 0.2) is 30.3 Å². The van der Waals surface area contributed by atoms with Gasteiger partial charge in [-0.05, 0) is 19.1 Å². The van der Waals surface area contributed by atoms with Crippen molar-refractivity contribution in [2.24, 2.45) is 0 Å². The molecule has 0 aromatic heterocycles. The van der Waals surface area contributed by atoms with E-state index in [2.05, 4.69) is 0 Å². The Labute approximate surface area is 89.9 Å². The first-order valence-electron chi connectivity index (χ1n) is 5.01. The lowest BCUT2D eigenvalue weighted by atomic mass is 10.2. The second-order valence-electron chi connectivity index (χ2n) is 3.16. The van der Waals surface area contributed by atoms with Gasteiger partial charge in [0.15, 0.2) is 0 Å². The molecule has 0 unspecified atom stereocenters. The molecule has 1 rings (SSSR count). The molecule has 0 saturated heterocycles. The number of hydrogen-bond donors (Lipinski definition) is 0. The Morgan fingerprint density at radius 2 is 2.07 bits per heavy atom. The summed E-state index contributed by atoms with van der Waals surface area (Å²) in [6, 6.07) is 11.2. The summed E-state index contributed by atoms with van der Waals surface area (Å²) in [5, 5.41) is 8.48. The van der Waals surface area contributed by atoms with Crippen LogP contribution in [-0.4, -0.2) is 23.9 Å². The lowest BCUT2D eigenvalue weighted by Crippen LogP contribution is -2.31. The van der Waals surface area contributed by atoms with Crippen LogP contribution in [0.5, 0.6) is 0 Å². The molecule has 15 heavy (non-hydrogen) atoms. The van der Waals surface area contributed by atoms with Crippen LogP contribution in [0.3, 0.4) is 0 Å². The summed E-state index contributed by atoms with van der Waals surface area (Å²) < 4.78 is 0. The highest BCUT2D eigenvalue weighted by Gasteiger charge is 2.12. The minimum Gasteiger partial charge on any atom is -0.338 e. The molecule has 0 fully saturated rings. The fourth-order valence-corrected chi connectivity index (χ4v) is 1.35. The van der Waals surface area contributed by atoms with Gasteiger partial charge in [-0.25, -0.2) is 0 Å². The molecule has 0 atom stereocenters. The number of nitriles is 1. The molecule has 0 radical (unpaired) electrons. The van der Waals surface area contributed by atoms with Gasteiger partial charge >= 0.3 is 0 Å². The van der Waals surface area contributed by atoms with Crippen molar-refractivity contribution in [2.75, 3.05) is 13.1 Å². The zero-order valence-corrected chi connectivity index (χ0v) is 8.81. The predicted molar refractivity (Wildman–Crippen MR) is 58.2 cm³/mol. The third-order valence-corrected chi connectivity index (χ3v) is 2.18. The fraction of sp³-hybridized carbons (Fsp3) is 0.333. The van der Waals surface area contributed by atoms with Crippen molar-refractivity contribution in [3.05, 3.63) is 35.9 Å². The van der Waals surface area contributed by atoms with Gasteiger partial charge in [-0.15, -0.1) is 0 Å². The van der Waals surface area contributed by atoms with Gasteiger partial charge < -0.3 is 4.90 Å². The molecule has 0 saturated carbocycles. The Morgan fingerprint density at radius 3 is 2.60 bits per heavy atom. The molecule has 78 valence electrons. The molecule has 0 aliphatic heterocycles. The van der Waals surface area contributed by atoms with Gasteiger partial charge in [0.1, 0.15) is 0 Å². The first-order chi connectivity index (χ1) is 7.29. The van der Waals surface area contributed by atoms with Crippen molar-refractivity contribution >= 4 is 5.91 Å². The molecule has 3 heteroatoms. The van der Waals surface area contributed by atoms with Crippen molar-refractivity contribution in [1.82, 2.24) is 4.90 Å². The largest absolute Gasteiger partial charge is 0.338 e. The van der Waals surface area contributed by atoms with E-state index >= 15 is 0 Å². The number of benzene rings is 1. The summed E-state index contributed by atoms with van der Waals surface area (Å²) in [6.45, 7) is 3.05. The number of carbonyl (C=O) groups is 1. The quantitative estimate of drug-likeness (QED) is 0.750. The van der Waals surface area contributed by atoms with E-state index in [4.69, 9.17) is 5.26 Å². The average molecular weight is 202 g/mol. The van der Waals surface area contributed by atoms with Crippen molar-refractivity contribution in [3.63, 3.8) is 0 Å². The van der Waals surface area contributed by atoms with E-state index in [1.807, 2.05) is 31.2 Å². The van der Waals surface area contributed by atoms with Gasteiger partial charge in [-0.3, -0.25) is 4.79 Å². The van der Waals surface area contributed by atoms with Gasteiger partial charge in [-0.1, -0.05) is 18.2 Å². The third kappa shape index (κ3) is 3.10. The fourth-order valence-electron chi connectivity index (χ4n) is 1.35. The molecule has 0 N–H and O–H groups in total. The first kappa shape index (κ1) is 11.3. The summed E-state index contributed by atoms with van der Waals surface area (Å²) in [5.74, 6) is -0.00616. The molecule has 1 amide bonds. The molecule has 1 aromatic rings. The highest BCUT2D eigenvalue weighted by Crippen LogP contribution is 2.04. The maximum Gasteiger partial charge on any atom is 0.253 e. The molecule has 0 spiro atoms. The van der Waals surface area contributed by atoms with Crippen LogP contribution in [-0.2, 0) is 0 Å². The van der Waals surface area contributed by atoms with E-state index in [-0.39, 0.29) is 5.91 Å². The molecule has 3 nitrogen and oxygen atoms in total. The maximum atomic E-state index is 11.9. The van der Waals surface area contributed by atoms with Crippen LogP contribution in [0, 0.1) is 11.3 Å². The molecule has 0 bridgehead atoms. The number of nitrogens with zero attached hydrogens (tertiary/aromatic N) is 2. The van der Waals surface area contributed by atoms with Crippen LogP contribution in [0.25, 0.3) is 0 Å². The number of hydrogen-bond acceptors (Lipinski definition) is 2. The van der Waals surface area contributed by atoms with Crippen LogP contribution in [0.2, 0.25) is 0 Å². The summed E-state index contributed by atoms with van der Waals surface area (Å²) in [4.78, 5) is 13.6. The number of carbonyl (C=O) groups excluding carboxylic acids is 1. The van der Waals surface area contributed by atoms with E-state index in [9.17, 15) is 4.79 Å². The lowest BCUT2D eigenvalue weighted by Gasteiger charge is -2.19. The van der Waals surface area contributed by atoms with E-state index in [1.165, 1.54) is 0 Å². The lowest BCUT2D eigenvalue weighted by molar-refractivity contribution is 0.0768. The van der Waals surface area contributed by atoms with E-state index in [1.54, 1.807) is 17.0 Å². The van der Waals surface area contributed by atoms with Crippen molar-refractivity contribution in [3.8, 4) is 6.07 Å². The summed E-state index contributed by atoms with van der Waals surface area (Å²) in [5.41, 5.74) is 0.678. The highest BCUT2D eigenvalue weighted by molar-refractivity contribution is 5.94. The van der Waals surface area contributed by atoms with Crippen molar-refractivity contribution in [1.29, 1.82) is 5.26 Å². The van der Waals surface area contributed by atoms with Crippen LogP contribution in [0.1, 0.15) is 23.7 Å². The third-order valence-electron chi connectivity index (χ3n) is 2.18. The van der Waals surface area contributed by atoms with Crippen LogP contribution < -0.4 is 0 Å². The monoisotopic (exact) mass is 202 g/mol. The predicted octanol–water partition coefficient (Wildman–Crippen LogP) is 2.06. The Hall–Kier alpha value is -1.82. The number of amides is 1. The van der Waals surface area contributed by atoms with E-state index < -0.39 is 0 Å². The van der Waals surface area contributed by atoms with Gasteiger partial charge in [0.05, 0.1) is 12.5 Å². The maximum absolute atomic E-state index is 11.9. The number of rotatable bonds is 4. The average Bonchev–Trinajstić information content (AvgIpc) is 2.31. The highest BCUT2D eigenvalue weighted by atomic mass is 16.2. The van der Waals surface area contributed by atoms with E-state index in [0.29, 0.717) is 25.1 Å². The molecular formula is C12H14N2O. The molecule has 1 aromatic carbocycles. The SMILES string of the molecule is CCN(CCC#N)C(=O)c1ccccc1. The Kier molecular flexibility index (Phi) is 4.36. The van der Waals surface area contributed by atoms with Gasteiger partial charge in [0.2, 0.25) is 0 Å². The van der Waals surface area contributed by atoms with Crippen LogP contribution >= 0.6 is 0 Å². The van der Waals surface area contributed by atoms with Crippen molar-refractivity contribution < 1.29 is 4.79 Å². The summed E-state index contributed by atoms with van der Waals surface area (Å²) in [6.07, 6.45) is 0.381. The summed E-state index contributed by atoms with van der Waals surface area (Å²) in [7, 11) is 0. The molecular weight excluding hydrogens is 188 g/mol. The molecule has 0 aliphatic rings. The Morgan fingerprint density at radius 1 is 1.40 bits per heavy atom. The van der Waals surface area contributed by atoms with Crippen molar-refractivity contribution in [2.45, 2.75) is 13.3 Å². The van der Waals surface area contributed by atoms with Gasteiger partial charge in [0.25, 0.3) is 5.91 Å². The minimum atomic E-state index is -0.00616. The smallest absolute Gasteiger partial charge is 0.253 e. The van der Waals surface area contributed by atoms with Gasteiger partial charge in [0, 0.05) is 18.7 Å². The molecule has 0 heterocycles. The Balaban J connectivity index is 2.70. The van der Waals surface area contributed by atoms with E-state index in [0.717, 1.165) is 0 Å². The second-order valence-corrected chi connectivity index (χ2v) is 3.16. The van der Waals surface area contributed by atoms with Gasteiger partial charge in [-0.2, -0.15) is 5.26 Å². The zero-order valence-electron chi connectivity index (χ0n) is 8.81. The topological polar surface area (TPSA) is 44.1 Å². The normalized spacial score (nSPS) is 9.33.